The minimum absolute atomic E-state index is 0.191. The van der Waals surface area contributed by atoms with Crippen LogP contribution in [0.1, 0.15) is 18.4 Å². The average Bonchev–Trinajstić information content (AvgIpc) is 2.92. The molecule has 2 heterocycles. The van der Waals surface area contributed by atoms with Crippen LogP contribution in [0.4, 0.5) is 4.39 Å². The maximum absolute atomic E-state index is 14.2. The quantitative estimate of drug-likeness (QED) is 0.772. The molecule has 0 radical (unpaired) electrons. The summed E-state index contributed by atoms with van der Waals surface area (Å²) in [5.41, 5.74) is -0.316. The van der Waals surface area contributed by atoms with Crippen molar-refractivity contribution in [1.29, 1.82) is 0 Å². The Hall–Kier alpha value is -1.51. The molecule has 2 aliphatic rings. The van der Waals surface area contributed by atoms with Gasteiger partial charge in [0.15, 0.2) is 0 Å². The van der Waals surface area contributed by atoms with Crippen LogP contribution < -0.4 is 0 Å². The number of nitrogens with zero attached hydrogens (tertiary/aromatic N) is 2. The molecule has 0 bridgehead atoms. The van der Waals surface area contributed by atoms with E-state index in [-0.39, 0.29) is 18.0 Å². The van der Waals surface area contributed by atoms with E-state index in [2.05, 4.69) is 0 Å². The highest BCUT2D eigenvalue weighted by molar-refractivity contribution is 7.89. The van der Waals surface area contributed by atoms with Crippen molar-refractivity contribution in [2.45, 2.75) is 30.4 Å². The van der Waals surface area contributed by atoms with Gasteiger partial charge in [0, 0.05) is 32.5 Å². The van der Waals surface area contributed by atoms with Crippen molar-refractivity contribution in [1.82, 2.24) is 9.21 Å². The number of benzene rings is 1. The van der Waals surface area contributed by atoms with Crippen LogP contribution >= 0.6 is 0 Å². The summed E-state index contributed by atoms with van der Waals surface area (Å²) in [6.07, 6.45) is 1.52. The number of hydrogen-bond acceptors (Lipinski definition) is 4. The van der Waals surface area contributed by atoms with Crippen LogP contribution in [-0.4, -0.2) is 56.0 Å². The van der Waals surface area contributed by atoms with Crippen molar-refractivity contribution < 1.29 is 22.3 Å². The van der Waals surface area contributed by atoms with Gasteiger partial charge < -0.3 is 9.64 Å². The lowest BCUT2D eigenvalue weighted by Crippen LogP contribution is -2.54. The van der Waals surface area contributed by atoms with Crippen molar-refractivity contribution in [3.8, 4) is 0 Å². The lowest BCUT2D eigenvalue weighted by molar-refractivity contribution is -0.127. The molecule has 0 N–H and O–H groups in total. The van der Waals surface area contributed by atoms with Gasteiger partial charge in [0.2, 0.25) is 16.4 Å². The van der Waals surface area contributed by atoms with Gasteiger partial charge in [-0.25, -0.2) is 12.8 Å². The van der Waals surface area contributed by atoms with E-state index in [0.717, 1.165) is 6.41 Å². The second-order valence-corrected chi connectivity index (χ2v) is 7.78. The predicted molar refractivity (Wildman–Crippen MR) is 80.6 cm³/mol. The topological polar surface area (TPSA) is 66.9 Å². The van der Waals surface area contributed by atoms with Gasteiger partial charge in [0.25, 0.3) is 0 Å². The average molecular weight is 342 g/mol. The van der Waals surface area contributed by atoms with Gasteiger partial charge in [-0.1, -0.05) is 6.07 Å². The molecule has 2 fully saturated rings. The fourth-order valence-electron chi connectivity index (χ4n) is 3.24. The van der Waals surface area contributed by atoms with Crippen LogP contribution in [0.25, 0.3) is 0 Å². The van der Waals surface area contributed by atoms with E-state index in [4.69, 9.17) is 4.74 Å². The first-order valence-electron chi connectivity index (χ1n) is 7.51. The zero-order chi connectivity index (χ0) is 16.7. The Morgan fingerprint density at radius 2 is 1.96 bits per heavy atom. The summed E-state index contributed by atoms with van der Waals surface area (Å²) in [5.74, 6) is -0.752. The lowest BCUT2D eigenvalue weighted by Gasteiger charge is -2.41. The minimum atomic E-state index is -3.99. The molecule has 23 heavy (non-hydrogen) atoms. The summed E-state index contributed by atoms with van der Waals surface area (Å²) >= 11 is 0. The highest BCUT2D eigenvalue weighted by Gasteiger charge is 2.50. The molecule has 0 atom stereocenters. The van der Waals surface area contributed by atoms with E-state index < -0.39 is 21.6 Å². The first kappa shape index (κ1) is 16.4. The van der Waals surface area contributed by atoms with Crippen LogP contribution in [0.15, 0.2) is 23.1 Å². The van der Waals surface area contributed by atoms with Crippen LogP contribution in [0.3, 0.4) is 0 Å². The monoisotopic (exact) mass is 342 g/mol. The lowest BCUT2D eigenvalue weighted by atomic mass is 10.0. The van der Waals surface area contributed by atoms with Crippen molar-refractivity contribution in [3.63, 3.8) is 0 Å². The highest BCUT2D eigenvalue weighted by Crippen LogP contribution is 2.38. The van der Waals surface area contributed by atoms with Crippen LogP contribution in [0.5, 0.6) is 0 Å². The van der Waals surface area contributed by atoms with Gasteiger partial charge in [0.1, 0.15) is 16.4 Å². The fraction of sp³-hybridized carbons (Fsp3) is 0.533. The molecule has 0 aliphatic carbocycles. The van der Waals surface area contributed by atoms with Gasteiger partial charge in [-0.3, -0.25) is 4.79 Å². The largest absolute Gasteiger partial charge is 0.358 e. The molecule has 2 aliphatic heterocycles. The van der Waals surface area contributed by atoms with Crippen molar-refractivity contribution >= 4 is 16.4 Å². The number of halogens is 1. The Morgan fingerprint density at radius 3 is 2.57 bits per heavy atom. The maximum Gasteiger partial charge on any atom is 0.248 e. The summed E-state index contributed by atoms with van der Waals surface area (Å²) in [6.45, 7) is 3.01. The third-order valence-corrected chi connectivity index (χ3v) is 6.49. The van der Waals surface area contributed by atoms with Gasteiger partial charge in [0.05, 0.1) is 6.61 Å². The molecule has 6 nitrogen and oxygen atoms in total. The molecule has 3 rings (SSSR count). The Bertz CT molecular complexity index is 714. The normalized spacial score (nSPS) is 21.7. The Kier molecular flexibility index (Phi) is 4.16. The number of piperidine rings is 1. The van der Waals surface area contributed by atoms with E-state index in [1.54, 1.807) is 17.9 Å². The third kappa shape index (κ3) is 2.75. The Labute approximate surface area is 134 Å². The minimum Gasteiger partial charge on any atom is -0.358 e. The molecular formula is C15H19FN2O4S. The molecular weight excluding hydrogens is 323 g/mol. The Morgan fingerprint density at radius 1 is 1.26 bits per heavy atom. The van der Waals surface area contributed by atoms with Crippen molar-refractivity contribution in [2.24, 2.45) is 0 Å². The van der Waals surface area contributed by atoms with E-state index in [9.17, 15) is 17.6 Å². The summed E-state index contributed by atoms with van der Waals surface area (Å²) in [5, 5.41) is 0. The number of sulfonamides is 1. The molecule has 0 unspecified atom stereocenters. The summed E-state index contributed by atoms with van der Waals surface area (Å²) < 4.78 is 47.0. The molecule has 126 valence electrons. The molecule has 1 aromatic rings. The molecule has 1 aromatic carbocycles. The smallest absolute Gasteiger partial charge is 0.248 e. The SMILES string of the molecule is Cc1ccc(S(=O)(=O)N2CCOC23CCN(C=O)CC3)c(F)c1. The second kappa shape index (κ2) is 5.85. The predicted octanol–water partition coefficient (Wildman–Crippen LogP) is 1.10. The van der Waals surface area contributed by atoms with Gasteiger partial charge >= 0.3 is 0 Å². The van der Waals surface area contributed by atoms with Crippen LogP contribution in [0, 0.1) is 12.7 Å². The maximum atomic E-state index is 14.2. The first-order valence-corrected chi connectivity index (χ1v) is 8.95. The number of carbonyl (C=O) groups excluding carboxylic acids is 1. The first-order chi connectivity index (χ1) is 10.9. The van der Waals surface area contributed by atoms with Crippen LogP contribution in [0.2, 0.25) is 0 Å². The molecule has 8 heteroatoms. The number of aryl methyl sites for hydroxylation is 1. The van der Waals surface area contributed by atoms with E-state index >= 15 is 0 Å². The van der Waals surface area contributed by atoms with Gasteiger partial charge in [-0.2, -0.15) is 4.31 Å². The highest BCUT2D eigenvalue weighted by atomic mass is 32.2. The fourth-order valence-corrected chi connectivity index (χ4v) is 5.01. The zero-order valence-corrected chi connectivity index (χ0v) is 13.7. The van der Waals surface area contributed by atoms with Crippen molar-refractivity contribution in [3.05, 3.63) is 29.6 Å². The van der Waals surface area contributed by atoms with Gasteiger partial charge in [-0.15, -0.1) is 0 Å². The molecule has 1 amide bonds. The number of ether oxygens (including phenoxy) is 1. The number of amides is 1. The van der Waals surface area contributed by atoms with E-state index in [1.165, 1.54) is 16.4 Å². The van der Waals surface area contributed by atoms with E-state index in [0.29, 0.717) is 31.5 Å². The second-order valence-electron chi connectivity index (χ2n) is 5.95. The molecule has 0 aromatic heterocycles. The molecule has 0 saturated carbocycles. The van der Waals surface area contributed by atoms with Gasteiger partial charge in [-0.05, 0) is 24.6 Å². The number of rotatable bonds is 3. The zero-order valence-electron chi connectivity index (χ0n) is 12.9. The summed E-state index contributed by atoms with van der Waals surface area (Å²) in [4.78, 5) is 12.1. The number of likely N-dealkylation sites (tertiary alicyclic amines) is 1. The third-order valence-electron chi connectivity index (χ3n) is 4.50. The molecule has 2 saturated heterocycles. The van der Waals surface area contributed by atoms with E-state index in [1.807, 2.05) is 0 Å². The standard InChI is InChI=1S/C15H19FN2O4S/c1-12-2-3-14(13(16)10-12)23(20,21)18-8-9-22-15(18)4-6-17(11-19)7-5-15/h2-3,10-11H,4-9H2,1H3. The number of hydrogen-bond donors (Lipinski definition) is 0. The van der Waals surface area contributed by atoms with Crippen LogP contribution in [-0.2, 0) is 19.6 Å². The molecule has 1 spiro atoms. The number of carbonyl (C=O) groups is 1. The van der Waals surface area contributed by atoms with Crippen molar-refractivity contribution in [2.75, 3.05) is 26.2 Å². The summed E-state index contributed by atoms with van der Waals surface area (Å²) in [6, 6.07) is 4.09. The summed E-state index contributed by atoms with van der Waals surface area (Å²) in [7, 11) is -3.99. The Balaban J connectivity index is 1.94.